The lowest BCUT2D eigenvalue weighted by atomic mass is 9.96. The van der Waals surface area contributed by atoms with E-state index < -0.39 is 0 Å². The predicted molar refractivity (Wildman–Crippen MR) is 87.2 cm³/mol. The van der Waals surface area contributed by atoms with Gasteiger partial charge in [0.15, 0.2) is 0 Å². The third-order valence-corrected chi connectivity index (χ3v) is 4.58. The van der Waals surface area contributed by atoms with Crippen LogP contribution in [-0.2, 0) is 6.42 Å². The fraction of sp³-hybridized carbons (Fsp3) is 0.368. The Morgan fingerprint density at radius 1 is 0.952 bits per heavy atom. The van der Waals surface area contributed by atoms with Crippen LogP contribution in [0, 0.1) is 5.92 Å². The standard InChI is InChI=1S/C19H23NO/c1-20-18-12-15(13-19(18)21)11-14-7-9-17(10-8-14)16-5-3-2-4-6-16/h2-10,15,18-21H,11-13H2,1H3/t15-,18+,19+/m1/s1. The minimum atomic E-state index is -0.191. The molecular formula is C19H23NO. The van der Waals surface area contributed by atoms with E-state index in [4.69, 9.17) is 0 Å². The van der Waals surface area contributed by atoms with Crippen LogP contribution in [0.2, 0.25) is 0 Å². The van der Waals surface area contributed by atoms with Crippen molar-refractivity contribution in [2.75, 3.05) is 7.05 Å². The molecule has 0 unspecified atom stereocenters. The largest absolute Gasteiger partial charge is 0.391 e. The Labute approximate surface area is 126 Å². The molecule has 1 aliphatic carbocycles. The summed E-state index contributed by atoms with van der Waals surface area (Å²) in [4.78, 5) is 0. The molecule has 2 heteroatoms. The molecule has 110 valence electrons. The van der Waals surface area contributed by atoms with E-state index in [9.17, 15) is 5.11 Å². The molecule has 2 aromatic rings. The van der Waals surface area contributed by atoms with Gasteiger partial charge in [0.1, 0.15) is 0 Å². The summed E-state index contributed by atoms with van der Waals surface area (Å²) in [5.74, 6) is 0.583. The van der Waals surface area contributed by atoms with Gasteiger partial charge in [-0.1, -0.05) is 54.6 Å². The normalized spacial score (nSPS) is 25.1. The molecule has 1 saturated carbocycles. The van der Waals surface area contributed by atoms with Gasteiger partial charge in [0, 0.05) is 6.04 Å². The first kappa shape index (κ1) is 14.3. The van der Waals surface area contributed by atoms with E-state index in [1.54, 1.807) is 0 Å². The minimum Gasteiger partial charge on any atom is -0.391 e. The maximum absolute atomic E-state index is 9.97. The summed E-state index contributed by atoms with van der Waals surface area (Å²) in [5, 5.41) is 13.2. The zero-order valence-corrected chi connectivity index (χ0v) is 12.5. The molecule has 0 spiro atoms. The fourth-order valence-corrected chi connectivity index (χ4v) is 3.39. The van der Waals surface area contributed by atoms with Crippen molar-refractivity contribution in [2.24, 2.45) is 5.92 Å². The maximum Gasteiger partial charge on any atom is 0.0695 e. The minimum absolute atomic E-state index is 0.191. The second-order valence-corrected chi connectivity index (χ2v) is 6.07. The van der Waals surface area contributed by atoms with Crippen molar-refractivity contribution in [3.63, 3.8) is 0 Å². The smallest absolute Gasteiger partial charge is 0.0695 e. The highest BCUT2D eigenvalue weighted by Gasteiger charge is 2.31. The third kappa shape index (κ3) is 3.34. The molecule has 3 rings (SSSR count). The van der Waals surface area contributed by atoms with Crippen molar-refractivity contribution in [3.05, 3.63) is 60.2 Å². The highest BCUT2D eigenvalue weighted by atomic mass is 16.3. The van der Waals surface area contributed by atoms with Gasteiger partial charge in [0.25, 0.3) is 0 Å². The molecule has 3 atom stereocenters. The first-order valence-corrected chi connectivity index (χ1v) is 7.76. The fourth-order valence-electron chi connectivity index (χ4n) is 3.39. The maximum atomic E-state index is 9.97. The molecule has 2 N–H and O–H groups in total. The topological polar surface area (TPSA) is 32.3 Å². The Hall–Kier alpha value is -1.64. The first-order chi connectivity index (χ1) is 10.3. The van der Waals surface area contributed by atoms with Gasteiger partial charge in [-0.15, -0.1) is 0 Å². The molecule has 0 radical (unpaired) electrons. The highest BCUT2D eigenvalue weighted by Crippen LogP contribution is 2.29. The van der Waals surface area contributed by atoms with Gasteiger partial charge in [-0.05, 0) is 48.9 Å². The van der Waals surface area contributed by atoms with Crippen molar-refractivity contribution in [1.82, 2.24) is 5.32 Å². The summed E-state index contributed by atoms with van der Waals surface area (Å²) in [6, 6.07) is 19.6. The second kappa shape index (κ2) is 6.42. The van der Waals surface area contributed by atoms with Gasteiger partial charge in [0.05, 0.1) is 6.10 Å². The Balaban J connectivity index is 1.66. The molecule has 0 bridgehead atoms. The Kier molecular flexibility index (Phi) is 4.37. The molecular weight excluding hydrogens is 258 g/mol. The molecule has 0 aromatic heterocycles. The number of aliphatic hydroxyl groups excluding tert-OH is 1. The van der Waals surface area contributed by atoms with E-state index in [-0.39, 0.29) is 12.1 Å². The summed E-state index contributed by atoms with van der Waals surface area (Å²) < 4.78 is 0. The Morgan fingerprint density at radius 3 is 2.24 bits per heavy atom. The van der Waals surface area contributed by atoms with Gasteiger partial charge >= 0.3 is 0 Å². The van der Waals surface area contributed by atoms with E-state index in [2.05, 4.69) is 53.8 Å². The van der Waals surface area contributed by atoms with Gasteiger partial charge in [-0.3, -0.25) is 0 Å². The lowest BCUT2D eigenvalue weighted by molar-refractivity contribution is 0.150. The van der Waals surface area contributed by atoms with Gasteiger partial charge in [0.2, 0.25) is 0 Å². The number of hydrogen-bond donors (Lipinski definition) is 2. The third-order valence-electron chi connectivity index (χ3n) is 4.58. The van der Waals surface area contributed by atoms with E-state index in [0.29, 0.717) is 5.92 Å². The monoisotopic (exact) mass is 281 g/mol. The molecule has 2 nitrogen and oxygen atoms in total. The van der Waals surface area contributed by atoms with E-state index in [0.717, 1.165) is 19.3 Å². The number of nitrogens with one attached hydrogen (secondary N) is 1. The lowest BCUT2D eigenvalue weighted by Gasteiger charge is -2.12. The van der Waals surface area contributed by atoms with Crippen molar-refractivity contribution in [2.45, 2.75) is 31.4 Å². The van der Waals surface area contributed by atoms with Crippen molar-refractivity contribution in [1.29, 1.82) is 0 Å². The van der Waals surface area contributed by atoms with Gasteiger partial charge < -0.3 is 10.4 Å². The van der Waals surface area contributed by atoms with Crippen LogP contribution in [0.1, 0.15) is 18.4 Å². The number of benzene rings is 2. The summed E-state index contributed by atoms with van der Waals surface area (Å²) >= 11 is 0. The van der Waals surface area contributed by atoms with Crippen LogP contribution in [0.4, 0.5) is 0 Å². The van der Waals surface area contributed by atoms with Crippen LogP contribution in [0.25, 0.3) is 11.1 Å². The van der Waals surface area contributed by atoms with Crippen LogP contribution in [-0.4, -0.2) is 24.3 Å². The number of rotatable bonds is 4. The van der Waals surface area contributed by atoms with Crippen LogP contribution >= 0.6 is 0 Å². The molecule has 21 heavy (non-hydrogen) atoms. The predicted octanol–water partition coefficient (Wildman–Crippen LogP) is 3.26. The summed E-state index contributed by atoms with van der Waals surface area (Å²) in [6.07, 6.45) is 2.84. The van der Waals surface area contributed by atoms with Crippen molar-refractivity contribution in [3.8, 4) is 11.1 Å². The van der Waals surface area contributed by atoms with E-state index in [1.165, 1.54) is 16.7 Å². The zero-order valence-electron chi connectivity index (χ0n) is 12.5. The van der Waals surface area contributed by atoms with Crippen molar-refractivity contribution < 1.29 is 5.11 Å². The van der Waals surface area contributed by atoms with Crippen LogP contribution in [0.5, 0.6) is 0 Å². The molecule has 0 amide bonds. The molecule has 0 saturated heterocycles. The average Bonchev–Trinajstić information content (AvgIpc) is 2.88. The van der Waals surface area contributed by atoms with Crippen molar-refractivity contribution >= 4 is 0 Å². The van der Waals surface area contributed by atoms with E-state index >= 15 is 0 Å². The summed E-state index contributed by atoms with van der Waals surface area (Å²) in [5.41, 5.74) is 3.89. The van der Waals surface area contributed by atoms with Crippen LogP contribution < -0.4 is 5.32 Å². The Morgan fingerprint density at radius 2 is 1.62 bits per heavy atom. The summed E-state index contributed by atoms with van der Waals surface area (Å²) in [6.45, 7) is 0. The van der Waals surface area contributed by atoms with Crippen LogP contribution in [0.3, 0.4) is 0 Å². The van der Waals surface area contributed by atoms with Crippen LogP contribution in [0.15, 0.2) is 54.6 Å². The zero-order chi connectivity index (χ0) is 14.7. The molecule has 1 fully saturated rings. The molecule has 0 heterocycles. The SMILES string of the molecule is CN[C@H]1C[C@@H](Cc2ccc(-c3ccccc3)cc2)C[C@@H]1O. The highest BCUT2D eigenvalue weighted by molar-refractivity contribution is 5.63. The quantitative estimate of drug-likeness (QED) is 0.901. The lowest BCUT2D eigenvalue weighted by Crippen LogP contribution is -2.32. The molecule has 1 aliphatic rings. The number of aliphatic hydroxyl groups is 1. The van der Waals surface area contributed by atoms with Gasteiger partial charge in [-0.25, -0.2) is 0 Å². The Bertz CT molecular complexity index is 564. The summed E-state index contributed by atoms with van der Waals surface area (Å²) in [7, 11) is 1.94. The molecule has 0 aliphatic heterocycles. The molecule has 2 aromatic carbocycles. The number of hydrogen-bond acceptors (Lipinski definition) is 2. The second-order valence-electron chi connectivity index (χ2n) is 6.07. The number of likely N-dealkylation sites (N-methyl/N-ethyl adjacent to an activating group) is 1. The van der Waals surface area contributed by atoms with Gasteiger partial charge in [-0.2, -0.15) is 0 Å². The van der Waals surface area contributed by atoms with E-state index in [1.807, 2.05) is 13.1 Å². The average molecular weight is 281 g/mol. The first-order valence-electron chi connectivity index (χ1n) is 7.76.